The third-order valence-corrected chi connectivity index (χ3v) is 5.69. The van der Waals surface area contributed by atoms with E-state index < -0.39 is 20.0 Å². The summed E-state index contributed by atoms with van der Waals surface area (Å²) in [6.45, 7) is 1.84. The largest absolute Gasteiger partial charge is 0.395 e. The lowest BCUT2D eigenvalue weighted by Crippen LogP contribution is -2.34. The zero-order valence-electron chi connectivity index (χ0n) is 11.8. The first kappa shape index (κ1) is 18.1. The van der Waals surface area contributed by atoms with Gasteiger partial charge in [-0.15, -0.1) is 0 Å². The second-order valence-electron chi connectivity index (χ2n) is 4.50. The summed E-state index contributed by atoms with van der Waals surface area (Å²) in [5.41, 5.74) is 0. The Kier molecular flexibility index (Phi) is 6.29. The highest BCUT2D eigenvalue weighted by molar-refractivity contribution is 7.90. The van der Waals surface area contributed by atoms with E-state index >= 15 is 0 Å². The molecule has 120 valence electrons. The molecule has 0 radical (unpaired) electrons. The molecule has 1 aromatic rings. The van der Waals surface area contributed by atoms with Gasteiger partial charge in [-0.05, 0) is 24.6 Å². The smallest absolute Gasteiger partial charge is 0.243 e. The van der Waals surface area contributed by atoms with Gasteiger partial charge in [0.25, 0.3) is 0 Å². The monoisotopic (exact) mass is 336 g/mol. The van der Waals surface area contributed by atoms with Crippen LogP contribution in [0.3, 0.4) is 0 Å². The van der Waals surface area contributed by atoms with Gasteiger partial charge >= 0.3 is 0 Å². The Morgan fingerprint density at radius 1 is 1.14 bits per heavy atom. The molecular formula is C12H20N2O5S2. The minimum atomic E-state index is -3.97. The van der Waals surface area contributed by atoms with E-state index in [9.17, 15) is 16.8 Å². The van der Waals surface area contributed by atoms with E-state index in [1.165, 1.54) is 18.2 Å². The molecule has 3 N–H and O–H groups in total. The summed E-state index contributed by atoms with van der Waals surface area (Å²) in [6.07, 6.45) is 1.45. The number of hydrogen-bond donors (Lipinski definition) is 2. The van der Waals surface area contributed by atoms with E-state index in [0.717, 1.165) is 16.8 Å². The van der Waals surface area contributed by atoms with Gasteiger partial charge in [-0.3, -0.25) is 0 Å². The number of sulfonamides is 2. The molecule has 1 aromatic carbocycles. The summed E-state index contributed by atoms with van der Waals surface area (Å²) in [7, 11) is -7.84. The topological polar surface area (TPSA) is 118 Å². The fourth-order valence-electron chi connectivity index (χ4n) is 1.76. The van der Waals surface area contributed by atoms with Gasteiger partial charge in [0.2, 0.25) is 20.0 Å². The van der Waals surface area contributed by atoms with Gasteiger partial charge in [0.05, 0.1) is 16.4 Å². The molecule has 1 rings (SSSR count). The van der Waals surface area contributed by atoms with Crippen LogP contribution in [0.25, 0.3) is 0 Å². The first-order chi connectivity index (χ1) is 9.73. The van der Waals surface area contributed by atoms with Crippen LogP contribution in [0.15, 0.2) is 34.1 Å². The predicted molar refractivity (Wildman–Crippen MR) is 78.6 cm³/mol. The second kappa shape index (κ2) is 7.32. The van der Waals surface area contributed by atoms with Crippen LogP contribution >= 0.6 is 0 Å². The minimum absolute atomic E-state index is 0.0397. The molecule has 0 amide bonds. The fraction of sp³-hybridized carbons (Fsp3) is 0.500. The molecule has 0 heterocycles. The van der Waals surface area contributed by atoms with Gasteiger partial charge in [0.15, 0.2) is 0 Å². The lowest BCUT2D eigenvalue weighted by Gasteiger charge is -2.21. The number of nitrogens with two attached hydrogens (primary N) is 1. The highest BCUT2D eigenvalue weighted by Crippen LogP contribution is 2.19. The van der Waals surface area contributed by atoms with Crippen LogP contribution in [0.1, 0.15) is 19.8 Å². The summed E-state index contributed by atoms with van der Waals surface area (Å²) >= 11 is 0. The molecule has 0 unspecified atom stereocenters. The molecule has 0 spiro atoms. The Hall–Kier alpha value is -1.00. The number of unbranched alkanes of at least 4 members (excludes halogenated alkanes) is 1. The quantitative estimate of drug-likeness (QED) is 0.699. The van der Waals surface area contributed by atoms with Crippen LogP contribution in [0, 0.1) is 0 Å². The number of rotatable bonds is 8. The molecule has 0 atom stereocenters. The SMILES string of the molecule is CCCCN(CCO)S(=O)(=O)c1cccc(S(N)(=O)=O)c1. The van der Waals surface area contributed by atoms with Crippen molar-refractivity contribution in [3.8, 4) is 0 Å². The molecule has 9 heteroatoms. The molecular weight excluding hydrogens is 316 g/mol. The van der Waals surface area contributed by atoms with Crippen molar-refractivity contribution in [3.05, 3.63) is 24.3 Å². The fourth-order valence-corrected chi connectivity index (χ4v) is 3.91. The molecule has 0 bridgehead atoms. The molecule has 0 saturated heterocycles. The number of hydrogen-bond acceptors (Lipinski definition) is 5. The molecule has 21 heavy (non-hydrogen) atoms. The number of aliphatic hydroxyl groups excluding tert-OH is 1. The van der Waals surface area contributed by atoms with Crippen molar-refractivity contribution >= 4 is 20.0 Å². The zero-order chi connectivity index (χ0) is 16.1. The third-order valence-electron chi connectivity index (χ3n) is 2.88. The van der Waals surface area contributed by atoms with Crippen LogP contribution in [0.5, 0.6) is 0 Å². The summed E-state index contributed by atoms with van der Waals surface area (Å²) in [6, 6.07) is 4.89. The van der Waals surface area contributed by atoms with Crippen LogP contribution in [-0.4, -0.2) is 45.9 Å². The van der Waals surface area contributed by atoms with Gasteiger partial charge in [-0.1, -0.05) is 19.4 Å². The van der Waals surface area contributed by atoms with Crippen molar-refractivity contribution in [1.82, 2.24) is 4.31 Å². The van der Waals surface area contributed by atoms with E-state index in [0.29, 0.717) is 6.42 Å². The maximum absolute atomic E-state index is 12.5. The van der Waals surface area contributed by atoms with Crippen molar-refractivity contribution in [1.29, 1.82) is 0 Å². The zero-order valence-corrected chi connectivity index (χ0v) is 13.4. The molecule has 7 nitrogen and oxygen atoms in total. The first-order valence-electron chi connectivity index (χ1n) is 6.47. The molecule has 0 fully saturated rings. The van der Waals surface area contributed by atoms with E-state index in [-0.39, 0.29) is 29.5 Å². The van der Waals surface area contributed by atoms with Gasteiger partial charge < -0.3 is 5.11 Å². The predicted octanol–water partition coefficient (Wildman–Crippen LogP) is 0.117. The maximum Gasteiger partial charge on any atom is 0.243 e. The van der Waals surface area contributed by atoms with E-state index in [1.807, 2.05) is 6.92 Å². The Morgan fingerprint density at radius 2 is 1.76 bits per heavy atom. The van der Waals surface area contributed by atoms with Gasteiger partial charge in [0.1, 0.15) is 0 Å². The molecule has 0 aliphatic heterocycles. The van der Waals surface area contributed by atoms with Crippen molar-refractivity contribution in [2.45, 2.75) is 29.6 Å². The number of benzene rings is 1. The summed E-state index contributed by atoms with van der Waals surface area (Å²) < 4.78 is 48.7. The highest BCUT2D eigenvalue weighted by Gasteiger charge is 2.24. The molecule has 0 aliphatic carbocycles. The molecule has 0 aliphatic rings. The third kappa shape index (κ3) is 4.75. The lowest BCUT2D eigenvalue weighted by molar-refractivity contribution is 0.252. The molecule has 0 saturated carbocycles. The minimum Gasteiger partial charge on any atom is -0.395 e. The Labute approximate surface area is 125 Å². The first-order valence-corrected chi connectivity index (χ1v) is 9.46. The average Bonchev–Trinajstić information content (AvgIpc) is 2.42. The Morgan fingerprint density at radius 3 is 2.29 bits per heavy atom. The van der Waals surface area contributed by atoms with Crippen molar-refractivity contribution in [3.63, 3.8) is 0 Å². The number of primary sulfonamides is 1. The summed E-state index contributed by atoms with van der Waals surface area (Å²) in [5, 5.41) is 14.0. The summed E-state index contributed by atoms with van der Waals surface area (Å²) in [4.78, 5) is -0.415. The van der Waals surface area contributed by atoms with Gasteiger partial charge in [-0.25, -0.2) is 22.0 Å². The van der Waals surface area contributed by atoms with Crippen LogP contribution < -0.4 is 5.14 Å². The van der Waals surface area contributed by atoms with Crippen LogP contribution in [-0.2, 0) is 20.0 Å². The molecule has 0 aromatic heterocycles. The highest BCUT2D eigenvalue weighted by atomic mass is 32.2. The Bertz CT molecular complexity index is 671. The number of aliphatic hydroxyl groups is 1. The normalized spacial score (nSPS) is 12.8. The van der Waals surface area contributed by atoms with Crippen molar-refractivity contribution < 1.29 is 21.9 Å². The van der Waals surface area contributed by atoms with E-state index in [4.69, 9.17) is 10.2 Å². The van der Waals surface area contributed by atoms with E-state index in [1.54, 1.807) is 0 Å². The number of nitrogens with zero attached hydrogens (tertiary/aromatic N) is 1. The van der Waals surface area contributed by atoms with Crippen molar-refractivity contribution in [2.24, 2.45) is 5.14 Å². The van der Waals surface area contributed by atoms with Gasteiger partial charge in [-0.2, -0.15) is 4.31 Å². The van der Waals surface area contributed by atoms with Crippen molar-refractivity contribution in [2.75, 3.05) is 19.7 Å². The van der Waals surface area contributed by atoms with Gasteiger partial charge in [0, 0.05) is 13.1 Å². The van der Waals surface area contributed by atoms with E-state index in [2.05, 4.69) is 0 Å². The second-order valence-corrected chi connectivity index (χ2v) is 8.00. The lowest BCUT2D eigenvalue weighted by atomic mass is 10.3. The standard InChI is InChI=1S/C12H20N2O5S2/c1-2-3-7-14(8-9-15)21(18,19)12-6-4-5-11(10-12)20(13,16)17/h4-6,10,15H,2-3,7-9H2,1H3,(H2,13,16,17). The van der Waals surface area contributed by atoms with Crippen LogP contribution in [0.2, 0.25) is 0 Å². The Balaban J connectivity index is 3.21. The maximum atomic E-state index is 12.5. The summed E-state index contributed by atoms with van der Waals surface area (Å²) in [5.74, 6) is 0. The van der Waals surface area contributed by atoms with Crippen LogP contribution in [0.4, 0.5) is 0 Å². The average molecular weight is 336 g/mol.